The number of β-amino-alcohol motifs (C(OH)–C–C–N with tert-alkyl or cyclic N) is 1. The minimum Gasteiger partial charge on any atom is -0.393 e. The standard InChI is InChI=1S/C16H32N2O2/c1-12-7-13(9-16(5,6)8-12)18-20-11-14(19)10-17-15(2,3)4/h12,14,17,19H,7-11H2,1-6H3/b18-13-/t12-,14-/m1/s1. The molecule has 0 aromatic carbocycles. The van der Waals surface area contributed by atoms with Gasteiger partial charge in [-0.3, -0.25) is 0 Å². The minimum absolute atomic E-state index is 0.00962. The van der Waals surface area contributed by atoms with Crippen molar-refractivity contribution in [3.63, 3.8) is 0 Å². The van der Waals surface area contributed by atoms with E-state index in [0.29, 0.717) is 17.9 Å². The number of hydrogen-bond acceptors (Lipinski definition) is 4. The van der Waals surface area contributed by atoms with E-state index in [1.54, 1.807) is 0 Å². The number of nitrogens with zero attached hydrogens (tertiary/aromatic N) is 1. The van der Waals surface area contributed by atoms with Gasteiger partial charge in [0.15, 0.2) is 0 Å². The second-order valence-corrected chi connectivity index (χ2v) is 8.09. The van der Waals surface area contributed by atoms with Crippen LogP contribution >= 0.6 is 0 Å². The Bertz CT molecular complexity index is 332. The van der Waals surface area contributed by atoms with Crippen molar-refractivity contribution in [1.29, 1.82) is 0 Å². The SMILES string of the molecule is C[C@@H]1C/C(=N/OC[C@H](O)CNC(C)(C)C)CC(C)(C)C1. The smallest absolute Gasteiger partial charge is 0.144 e. The van der Waals surface area contributed by atoms with Crippen LogP contribution in [0.2, 0.25) is 0 Å². The summed E-state index contributed by atoms with van der Waals surface area (Å²) < 4.78 is 0. The molecular formula is C16H32N2O2. The van der Waals surface area contributed by atoms with Crippen LogP contribution in [0.1, 0.15) is 60.8 Å². The minimum atomic E-state index is -0.521. The first-order chi connectivity index (χ1) is 9.07. The summed E-state index contributed by atoms with van der Waals surface area (Å²) in [4.78, 5) is 5.34. The molecule has 0 radical (unpaired) electrons. The number of nitrogens with one attached hydrogen (secondary N) is 1. The molecule has 0 heterocycles. The summed E-state index contributed by atoms with van der Waals surface area (Å²) in [6, 6.07) is 0. The second-order valence-electron chi connectivity index (χ2n) is 8.09. The van der Waals surface area contributed by atoms with Gasteiger partial charge in [0.1, 0.15) is 12.7 Å². The van der Waals surface area contributed by atoms with Crippen LogP contribution in [0, 0.1) is 11.3 Å². The first-order valence-corrected chi connectivity index (χ1v) is 7.68. The summed E-state index contributed by atoms with van der Waals surface area (Å²) in [5.41, 5.74) is 1.45. The van der Waals surface area contributed by atoms with Gasteiger partial charge < -0.3 is 15.3 Å². The number of aliphatic hydroxyl groups excluding tert-OH is 1. The highest BCUT2D eigenvalue weighted by atomic mass is 16.6. The van der Waals surface area contributed by atoms with Gasteiger partial charge in [0.05, 0.1) is 5.71 Å². The lowest BCUT2D eigenvalue weighted by atomic mass is 9.72. The van der Waals surface area contributed by atoms with E-state index in [2.05, 4.69) is 52.0 Å². The zero-order valence-electron chi connectivity index (χ0n) is 14.0. The highest BCUT2D eigenvalue weighted by molar-refractivity contribution is 5.85. The van der Waals surface area contributed by atoms with Gasteiger partial charge in [-0.2, -0.15) is 0 Å². The topological polar surface area (TPSA) is 53.9 Å². The van der Waals surface area contributed by atoms with Crippen molar-refractivity contribution in [3.05, 3.63) is 0 Å². The van der Waals surface area contributed by atoms with E-state index >= 15 is 0 Å². The number of rotatable bonds is 5. The third kappa shape index (κ3) is 7.25. The largest absolute Gasteiger partial charge is 0.393 e. The third-order valence-electron chi connectivity index (χ3n) is 3.50. The Labute approximate surface area is 124 Å². The van der Waals surface area contributed by atoms with Gasteiger partial charge in [0.25, 0.3) is 0 Å². The maximum atomic E-state index is 9.84. The van der Waals surface area contributed by atoms with Crippen LogP contribution in [0.4, 0.5) is 0 Å². The van der Waals surface area contributed by atoms with Crippen molar-refractivity contribution in [3.8, 4) is 0 Å². The van der Waals surface area contributed by atoms with Crippen molar-refractivity contribution in [2.75, 3.05) is 13.2 Å². The van der Waals surface area contributed by atoms with Crippen LogP contribution in [0.25, 0.3) is 0 Å². The van der Waals surface area contributed by atoms with Gasteiger partial charge >= 0.3 is 0 Å². The summed E-state index contributed by atoms with van der Waals surface area (Å²) in [6.07, 6.45) is 2.73. The van der Waals surface area contributed by atoms with Gasteiger partial charge in [-0.05, 0) is 51.4 Å². The molecule has 0 spiro atoms. The Morgan fingerprint density at radius 3 is 2.65 bits per heavy atom. The van der Waals surface area contributed by atoms with Gasteiger partial charge in [-0.1, -0.05) is 25.9 Å². The number of hydrogen-bond donors (Lipinski definition) is 2. The summed E-state index contributed by atoms with van der Waals surface area (Å²) in [7, 11) is 0. The molecule has 1 aliphatic rings. The molecule has 0 amide bonds. The summed E-state index contributed by atoms with van der Waals surface area (Å²) >= 11 is 0. The molecule has 0 aromatic rings. The highest BCUT2D eigenvalue weighted by Gasteiger charge is 2.29. The Hall–Kier alpha value is -0.610. The first kappa shape index (κ1) is 17.4. The van der Waals surface area contributed by atoms with Crippen molar-refractivity contribution >= 4 is 5.71 Å². The molecular weight excluding hydrogens is 252 g/mol. The molecule has 20 heavy (non-hydrogen) atoms. The van der Waals surface area contributed by atoms with E-state index in [4.69, 9.17) is 4.84 Å². The fourth-order valence-corrected chi connectivity index (χ4v) is 2.88. The predicted molar refractivity (Wildman–Crippen MR) is 83.9 cm³/mol. The zero-order chi connectivity index (χ0) is 15.4. The quantitative estimate of drug-likeness (QED) is 0.763. The molecule has 2 atom stereocenters. The molecule has 0 aliphatic heterocycles. The predicted octanol–water partition coefficient (Wildman–Crippen LogP) is 2.95. The Balaban J connectivity index is 2.33. The van der Waals surface area contributed by atoms with Crippen molar-refractivity contribution in [1.82, 2.24) is 5.32 Å². The third-order valence-corrected chi connectivity index (χ3v) is 3.50. The van der Waals surface area contributed by atoms with Gasteiger partial charge in [0.2, 0.25) is 0 Å². The summed E-state index contributed by atoms with van der Waals surface area (Å²) in [5.74, 6) is 0.661. The average Bonchev–Trinajstić information content (AvgIpc) is 2.22. The lowest BCUT2D eigenvalue weighted by Gasteiger charge is -2.34. The fraction of sp³-hybridized carbons (Fsp3) is 0.938. The maximum absolute atomic E-state index is 9.84. The molecule has 1 rings (SSSR count). The second kappa shape index (κ2) is 6.90. The molecule has 2 N–H and O–H groups in total. The van der Waals surface area contributed by atoms with Gasteiger partial charge in [-0.25, -0.2) is 0 Å². The molecule has 0 aromatic heterocycles. The summed E-state index contributed by atoms with van der Waals surface area (Å²) in [5, 5.41) is 17.3. The van der Waals surface area contributed by atoms with Crippen LogP contribution < -0.4 is 5.32 Å². The van der Waals surface area contributed by atoms with Crippen LogP contribution in [0.5, 0.6) is 0 Å². The Morgan fingerprint density at radius 1 is 1.45 bits per heavy atom. The number of aliphatic hydroxyl groups is 1. The zero-order valence-corrected chi connectivity index (χ0v) is 14.0. The summed E-state index contributed by atoms with van der Waals surface area (Å²) in [6.45, 7) is 13.8. The molecule has 118 valence electrons. The van der Waals surface area contributed by atoms with E-state index in [9.17, 15) is 5.11 Å². The normalized spacial score (nSPS) is 26.6. The average molecular weight is 284 g/mol. The molecule has 1 fully saturated rings. The van der Waals surface area contributed by atoms with E-state index < -0.39 is 6.10 Å². The van der Waals surface area contributed by atoms with E-state index in [0.717, 1.165) is 18.6 Å². The van der Waals surface area contributed by atoms with E-state index in [-0.39, 0.29) is 12.1 Å². The van der Waals surface area contributed by atoms with Crippen LogP contribution in [-0.4, -0.2) is 35.6 Å². The molecule has 4 nitrogen and oxygen atoms in total. The van der Waals surface area contributed by atoms with Crippen LogP contribution in [-0.2, 0) is 4.84 Å². The molecule has 4 heteroatoms. The van der Waals surface area contributed by atoms with Gasteiger partial charge in [-0.15, -0.1) is 0 Å². The Morgan fingerprint density at radius 2 is 2.10 bits per heavy atom. The van der Waals surface area contributed by atoms with Crippen LogP contribution in [0.15, 0.2) is 5.16 Å². The van der Waals surface area contributed by atoms with E-state index in [1.165, 1.54) is 6.42 Å². The fourth-order valence-electron chi connectivity index (χ4n) is 2.88. The highest BCUT2D eigenvalue weighted by Crippen LogP contribution is 2.36. The molecule has 0 bridgehead atoms. The molecule has 1 aliphatic carbocycles. The molecule has 1 saturated carbocycles. The molecule has 0 saturated heterocycles. The molecule has 0 unspecified atom stereocenters. The number of oxime groups is 1. The van der Waals surface area contributed by atoms with Crippen molar-refractivity contribution in [2.24, 2.45) is 16.5 Å². The van der Waals surface area contributed by atoms with Crippen LogP contribution in [0.3, 0.4) is 0 Å². The van der Waals surface area contributed by atoms with E-state index in [1.807, 2.05) is 0 Å². The Kier molecular flexibility index (Phi) is 6.02. The maximum Gasteiger partial charge on any atom is 0.144 e. The van der Waals surface area contributed by atoms with Gasteiger partial charge in [0, 0.05) is 12.1 Å². The lowest BCUT2D eigenvalue weighted by molar-refractivity contribution is 0.0357. The lowest BCUT2D eigenvalue weighted by Crippen LogP contribution is -2.42. The first-order valence-electron chi connectivity index (χ1n) is 7.68. The monoisotopic (exact) mass is 284 g/mol. The van der Waals surface area contributed by atoms with Crippen molar-refractivity contribution < 1.29 is 9.94 Å². The van der Waals surface area contributed by atoms with Crippen molar-refractivity contribution in [2.45, 2.75) is 72.4 Å².